The molecule has 0 aliphatic carbocycles. The SMILES string of the molecule is COc1ccccc1-c1c(C)nn(C)c1NC(=O)c1cccc(S(C)(=O)=O)c1. The number of hydrogen-bond acceptors (Lipinski definition) is 5. The number of para-hydroxylation sites is 1. The second-order valence-electron chi connectivity index (χ2n) is 6.39. The summed E-state index contributed by atoms with van der Waals surface area (Å²) >= 11 is 0. The van der Waals surface area contributed by atoms with Crippen molar-refractivity contribution in [2.75, 3.05) is 18.7 Å². The molecule has 7 nitrogen and oxygen atoms in total. The third-order valence-corrected chi connectivity index (χ3v) is 5.47. The van der Waals surface area contributed by atoms with Crippen LogP contribution in [0.1, 0.15) is 16.1 Å². The van der Waals surface area contributed by atoms with Crippen molar-refractivity contribution in [2.45, 2.75) is 11.8 Å². The molecule has 1 aromatic heterocycles. The fourth-order valence-electron chi connectivity index (χ4n) is 3.02. The number of carbonyl (C=O) groups excluding carboxylic acids is 1. The average molecular weight is 399 g/mol. The van der Waals surface area contributed by atoms with Crippen LogP contribution in [0, 0.1) is 6.92 Å². The van der Waals surface area contributed by atoms with E-state index in [1.54, 1.807) is 31.0 Å². The maximum absolute atomic E-state index is 12.8. The Morgan fingerprint density at radius 3 is 2.54 bits per heavy atom. The lowest BCUT2D eigenvalue weighted by molar-refractivity contribution is 0.102. The second-order valence-corrected chi connectivity index (χ2v) is 8.40. The van der Waals surface area contributed by atoms with Crippen LogP contribution in [0.3, 0.4) is 0 Å². The van der Waals surface area contributed by atoms with Gasteiger partial charge in [-0.05, 0) is 31.2 Å². The number of carbonyl (C=O) groups is 1. The van der Waals surface area contributed by atoms with E-state index in [9.17, 15) is 13.2 Å². The summed E-state index contributed by atoms with van der Waals surface area (Å²) < 4.78 is 30.6. The first kappa shape index (κ1) is 19.6. The van der Waals surface area contributed by atoms with Gasteiger partial charge in [-0.2, -0.15) is 5.10 Å². The van der Waals surface area contributed by atoms with Gasteiger partial charge in [0.05, 0.1) is 23.3 Å². The van der Waals surface area contributed by atoms with E-state index in [1.165, 1.54) is 12.1 Å². The number of aryl methyl sites for hydroxylation is 2. The highest BCUT2D eigenvalue weighted by atomic mass is 32.2. The van der Waals surface area contributed by atoms with Gasteiger partial charge in [0.15, 0.2) is 9.84 Å². The van der Waals surface area contributed by atoms with Crippen molar-refractivity contribution in [2.24, 2.45) is 7.05 Å². The minimum atomic E-state index is -3.41. The number of nitrogens with zero attached hydrogens (tertiary/aromatic N) is 2. The molecule has 1 heterocycles. The highest BCUT2D eigenvalue weighted by Gasteiger charge is 2.21. The van der Waals surface area contributed by atoms with E-state index in [0.717, 1.165) is 23.1 Å². The summed E-state index contributed by atoms with van der Waals surface area (Å²) in [6.07, 6.45) is 1.11. The number of methoxy groups -OCH3 is 1. The molecule has 0 radical (unpaired) electrons. The fourth-order valence-corrected chi connectivity index (χ4v) is 3.69. The molecule has 8 heteroatoms. The van der Waals surface area contributed by atoms with Crippen LogP contribution in [0.2, 0.25) is 0 Å². The van der Waals surface area contributed by atoms with Gasteiger partial charge in [0, 0.05) is 24.4 Å². The predicted octanol–water partition coefficient (Wildman–Crippen LogP) is 3.06. The van der Waals surface area contributed by atoms with Crippen molar-refractivity contribution in [3.8, 4) is 16.9 Å². The number of anilines is 1. The number of sulfone groups is 1. The van der Waals surface area contributed by atoms with E-state index in [2.05, 4.69) is 10.4 Å². The van der Waals surface area contributed by atoms with E-state index in [0.29, 0.717) is 11.6 Å². The minimum absolute atomic E-state index is 0.0892. The maximum atomic E-state index is 12.8. The lowest BCUT2D eigenvalue weighted by Crippen LogP contribution is -2.15. The van der Waals surface area contributed by atoms with Crippen LogP contribution in [0.25, 0.3) is 11.1 Å². The summed E-state index contributed by atoms with van der Waals surface area (Å²) in [7, 11) is -0.0966. The van der Waals surface area contributed by atoms with Gasteiger partial charge in [0.1, 0.15) is 11.6 Å². The smallest absolute Gasteiger partial charge is 0.256 e. The van der Waals surface area contributed by atoms with Crippen LogP contribution >= 0.6 is 0 Å². The molecule has 0 atom stereocenters. The van der Waals surface area contributed by atoms with Crippen molar-refractivity contribution in [3.63, 3.8) is 0 Å². The highest BCUT2D eigenvalue weighted by molar-refractivity contribution is 7.90. The predicted molar refractivity (Wildman–Crippen MR) is 107 cm³/mol. The zero-order chi connectivity index (χ0) is 20.5. The largest absolute Gasteiger partial charge is 0.496 e. The third-order valence-electron chi connectivity index (χ3n) is 4.35. The molecular weight excluding hydrogens is 378 g/mol. The highest BCUT2D eigenvalue weighted by Crippen LogP contribution is 2.37. The van der Waals surface area contributed by atoms with E-state index in [1.807, 2.05) is 31.2 Å². The van der Waals surface area contributed by atoms with Crippen molar-refractivity contribution >= 4 is 21.6 Å². The second kappa shape index (κ2) is 7.47. The number of benzene rings is 2. The molecule has 0 saturated heterocycles. The van der Waals surface area contributed by atoms with Gasteiger partial charge in [-0.1, -0.05) is 24.3 Å². The lowest BCUT2D eigenvalue weighted by Gasteiger charge is -2.12. The molecule has 28 heavy (non-hydrogen) atoms. The molecule has 0 aliphatic heterocycles. The normalized spacial score (nSPS) is 11.3. The average Bonchev–Trinajstić information content (AvgIpc) is 2.94. The van der Waals surface area contributed by atoms with Gasteiger partial charge < -0.3 is 10.1 Å². The summed E-state index contributed by atoms with van der Waals surface area (Å²) in [5, 5.41) is 7.27. The first-order valence-corrected chi connectivity index (χ1v) is 10.4. The fraction of sp³-hybridized carbons (Fsp3) is 0.200. The number of nitrogens with one attached hydrogen (secondary N) is 1. The first-order valence-electron chi connectivity index (χ1n) is 8.51. The summed E-state index contributed by atoms with van der Waals surface area (Å²) in [4.78, 5) is 12.9. The van der Waals surface area contributed by atoms with Crippen LogP contribution in [0.15, 0.2) is 53.4 Å². The number of amides is 1. The first-order chi connectivity index (χ1) is 13.2. The zero-order valence-electron chi connectivity index (χ0n) is 16.1. The standard InChI is InChI=1S/C20H21N3O4S/c1-13-18(16-10-5-6-11-17(16)27-3)19(23(2)22-13)21-20(24)14-8-7-9-15(12-14)28(4,25)26/h5-12H,1-4H3,(H,21,24). The molecule has 1 N–H and O–H groups in total. The van der Waals surface area contributed by atoms with E-state index in [4.69, 9.17) is 4.74 Å². The van der Waals surface area contributed by atoms with Gasteiger partial charge in [-0.15, -0.1) is 0 Å². The van der Waals surface area contributed by atoms with Gasteiger partial charge in [0.2, 0.25) is 0 Å². The molecular formula is C20H21N3O4S. The molecule has 1 amide bonds. The monoisotopic (exact) mass is 399 g/mol. The summed E-state index contributed by atoms with van der Waals surface area (Å²) in [5.41, 5.74) is 2.52. The van der Waals surface area contributed by atoms with Crippen molar-refractivity contribution < 1.29 is 17.9 Å². The Hall–Kier alpha value is -3.13. The molecule has 146 valence electrons. The molecule has 0 spiro atoms. The van der Waals surface area contributed by atoms with Gasteiger partial charge >= 0.3 is 0 Å². The molecule has 0 unspecified atom stereocenters. The van der Waals surface area contributed by atoms with Crippen molar-refractivity contribution in [1.82, 2.24) is 9.78 Å². The Kier molecular flexibility index (Phi) is 5.24. The lowest BCUT2D eigenvalue weighted by atomic mass is 10.0. The maximum Gasteiger partial charge on any atom is 0.256 e. The molecule has 3 aromatic rings. The van der Waals surface area contributed by atoms with Crippen LogP contribution < -0.4 is 10.1 Å². The van der Waals surface area contributed by atoms with Crippen LogP contribution in [0.4, 0.5) is 5.82 Å². The number of aromatic nitrogens is 2. The van der Waals surface area contributed by atoms with E-state index >= 15 is 0 Å². The molecule has 2 aromatic carbocycles. The summed E-state index contributed by atoms with van der Waals surface area (Å²) in [6.45, 7) is 1.85. The molecule has 0 bridgehead atoms. The van der Waals surface area contributed by atoms with Gasteiger partial charge in [-0.3, -0.25) is 9.48 Å². The van der Waals surface area contributed by atoms with Crippen molar-refractivity contribution in [1.29, 1.82) is 0 Å². The number of hydrogen-bond donors (Lipinski definition) is 1. The number of ether oxygens (including phenoxy) is 1. The Labute approximate surface area is 163 Å². The molecule has 0 saturated carbocycles. The van der Waals surface area contributed by atoms with Crippen LogP contribution in [0.5, 0.6) is 5.75 Å². The van der Waals surface area contributed by atoms with Gasteiger partial charge in [0.25, 0.3) is 5.91 Å². The van der Waals surface area contributed by atoms with Crippen LogP contribution in [-0.4, -0.2) is 37.5 Å². The molecule has 0 fully saturated rings. The van der Waals surface area contributed by atoms with Crippen LogP contribution in [-0.2, 0) is 16.9 Å². The Bertz CT molecular complexity index is 1150. The topological polar surface area (TPSA) is 90.3 Å². The Balaban J connectivity index is 2.03. The Morgan fingerprint density at radius 1 is 1.14 bits per heavy atom. The third kappa shape index (κ3) is 3.77. The van der Waals surface area contributed by atoms with Gasteiger partial charge in [-0.25, -0.2) is 8.42 Å². The van der Waals surface area contributed by atoms with E-state index in [-0.39, 0.29) is 10.5 Å². The molecule has 0 aliphatic rings. The minimum Gasteiger partial charge on any atom is -0.496 e. The zero-order valence-corrected chi connectivity index (χ0v) is 16.9. The van der Waals surface area contributed by atoms with E-state index < -0.39 is 15.7 Å². The quantitative estimate of drug-likeness (QED) is 0.712. The summed E-state index contributed by atoms with van der Waals surface area (Å²) in [5.74, 6) is 0.731. The number of rotatable bonds is 5. The molecule has 3 rings (SSSR count). The summed E-state index contributed by atoms with van der Waals surface area (Å²) in [6, 6.07) is 13.4. The Morgan fingerprint density at radius 2 is 1.86 bits per heavy atom. The van der Waals surface area contributed by atoms with Crippen molar-refractivity contribution in [3.05, 3.63) is 59.8 Å².